The van der Waals surface area contributed by atoms with Crippen LogP contribution in [0.2, 0.25) is 0 Å². The van der Waals surface area contributed by atoms with Crippen LogP contribution in [0.3, 0.4) is 0 Å². The van der Waals surface area contributed by atoms with Gasteiger partial charge in [-0.05, 0) is 51.0 Å². The molecule has 1 aromatic carbocycles. The number of rotatable bonds is 0. The van der Waals surface area contributed by atoms with Crippen LogP contribution in [0, 0.1) is 0 Å². The van der Waals surface area contributed by atoms with Gasteiger partial charge in [0.1, 0.15) is 5.60 Å². The van der Waals surface area contributed by atoms with E-state index in [9.17, 15) is 4.79 Å². The molecule has 1 amide bonds. The number of fused-ring (bicyclic) bond motifs is 1. The van der Waals surface area contributed by atoms with E-state index in [4.69, 9.17) is 4.74 Å². The van der Waals surface area contributed by atoms with Crippen molar-refractivity contribution in [3.63, 3.8) is 0 Å². The highest BCUT2D eigenvalue weighted by Crippen LogP contribution is 2.35. The van der Waals surface area contributed by atoms with E-state index < -0.39 is 5.60 Å². The van der Waals surface area contributed by atoms with Crippen molar-refractivity contribution in [1.82, 2.24) is 4.90 Å². The molecule has 98 valence electrons. The summed E-state index contributed by atoms with van der Waals surface area (Å²) in [7, 11) is 0. The third-order valence-electron chi connectivity index (χ3n) is 2.99. The summed E-state index contributed by atoms with van der Waals surface area (Å²) in [5, 5.41) is 0. The Balaban J connectivity index is 2.18. The van der Waals surface area contributed by atoms with Gasteiger partial charge in [0.25, 0.3) is 0 Å². The summed E-state index contributed by atoms with van der Waals surface area (Å²) in [6.07, 6.45) is -0.248. The molecule has 0 N–H and O–H groups in total. The largest absolute Gasteiger partial charge is 0.444 e. The summed E-state index contributed by atoms with van der Waals surface area (Å²) < 4.78 is 6.47. The van der Waals surface area contributed by atoms with Crippen molar-refractivity contribution in [2.24, 2.45) is 0 Å². The van der Waals surface area contributed by atoms with Crippen LogP contribution in [0.1, 0.15) is 44.9 Å². The highest BCUT2D eigenvalue weighted by atomic mass is 79.9. The first-order valence-corrected chi connectivity index (χ1v) is 6.85. The number of hydrogen-bond donors (Lipinski definition) is 0. The van der Waals surface area contributed by atoms with Crippen LogP contribution in [0.25, 0.3) is 0 Å². The predicted octanol–water partition coefficient (Wildman–Crippen LogP) is 4.26. The molecule has 2 rings (SSSR count). The zero-order valence-electron chi connectivity index (χ0n) is 11.2. The number of halogens is 1. The Bertz CT molecular complexity index is 479. The molecular formula is C14H18BrNO2. The molecule has 0 radical (unpaired) electrons. The fourth-order valence-electron chi connectivity index (χ4n) is 2.15. The van der Waals surface area contributed by atoms with Crippen LogP contribution >= 0.6 is 15.9 Å². The summed E-state index contributed by atoms with van der Waals surface area (Å²) >= 11 is 3.46. The Kier molecular flexibility index (Phi) is 3.41. The number of ether oxygens (including phenoxy) is 1. The van der Waals surface area contributed by atoms with E-state index in [-0.39, 0.29) is 12.1 Å². The van der Waals surface area contributed by atoms with Crippen LogP contribution in [0.5, 0.6) is 0 Å². The van der Waals surface area contributed by atoms with E-state index in [1.54, 1.807) is 4.90 Å². The lowest BCUT2D eigenvalue weighted by Crippen LogP contribution is -2.34. The molecule has 0 saturated heterocycles. The normalized spacial score (nSPS) is 18.7. The quantitative estimate of drug-likeness (QED) is 0.716. The van der Waals surface area contributed by atoms with Crippen molar-refractivity contribution in [3.05, 3.63) is 33.8 Å². The average Bonchev–Trinajstić information content (AvgIpc) is 2.53. The number of amides is 1. The third kappa shape index (κ3) is 2.69. The second kappa shape index (κ2) is 4.57. The maximum absolute atomic E-state index is 12.1. The monoisotopic (exact) mass is 311 g/mol. The molecule has 0 saturated carbocycles. The first kappa shape index (κ1) is 13.4. The minimum absolute atomic E-state index is 0.0722. The first-order chi connectivity index (χ1) is 8.28. The van der Waals surface area contributed by atoms with Crippen molar-refractivity contribution in [1.29, 1.82) is 0 Å². The van der Waals surface area contributed by atoms with Gasteiger partial charge >= 0.3 is 6.09 Å². The third-order valence-corrected chi connectivity index (χ3v) is 3.48. The van der Waals surface area contributed by atoms with Crippen molar-refractivity contribution in [2.75, 3.05) is 0 Å². The molecule has 0 fully saturated rings. The fraction of sp³-hybridized carbons (Fsp3) is 0.500. The topological polar surface area (TPSA) is 29.5 Å². The molecule has 1 unspecified atom stereocenters. The minimum atomic E-state index is -0.452. The Hall–Kier alpha value is -1.03. The Labute approximate surface area is 116 Å². The molecular weight excluding hydrogens is 294 g/mol. The number of carbonyl (C=O) groups is 1. The van der Waals surface area contributed by atoms with Crippen LogP contribution in [0.4, 0.5) is 4.79 Å². The maximum Gasteiger partial charge on any atom is 0.411 e. The van der Waals surface area contributed by atoms with Crippen molar-refractivity contribution >= 4 is 22.0 Å². The molecule has 1 aliphatic heterocycles. The van der Waals surface area contributed by atoms with Crippen LogP contribution < -0.4 is 0 Å². The number of carbonyl (C=O) groups excluding carboxylic acids is 1. The lowest BCUT2D eigenvalue weighted by molar-refractivity contribution is 0.0187. The number of hydrogen-bond acceptors (Lipinski definition) is 2. The maximum atomic E-state index is 12.1. The smallest absolute Gasteiger partial charge is 0.411 e. The summed E-state index contributed by atoms with van der Waals surface area (Å²) in [4.78, 5) is 13.9. The molecule has 0 aromatic heterocycles. The summed E-state index contributed by atoms with van der Waals surface area (Å²) in [5.74, 6) is 0. The van der Waals surface area contributed by atoms with Gasteiger partial charge in [-0.15, -0.1) is 0 Å². The molecule has 3 nitrogen and oxygen atoms in total. The van der Waals surface area contributed by atoms with Crippen LogP contribution in [0.15, 0.2) is 22.7 Å². The van der Waals surface area contributed by atoms with Gasteiger partial charge in [0.2, 0.25) is 0 Å². The van der Waals surface area contributed by atoms with Gasteiger partial charge in [-0.1, -0.05) is 22.0 Å². The summed E-state index contributed by atoms with van der Waals surface area (Å²) in [5.41, 5.74) is 1.93. The van der Waals surface area contributed by atoms with E-state index >= 15 is 0 Å². The van der Waals surface area contributed by atoms with E-state index in [1.165, 1.54) is 11.1 Å². The van der Waals surface area contributed by atoms with E-state index in [0.717, 1.165) is 4.47 Å². The average molecular weight is 312 g/mol. The first-order valence-electron chi connectivity index (χ1n) is 6.06. The lowest BCUT2D eigenvalue weighted by Gasteiger charge is -2.27. The molecule has 1 aromatic rings. The standard InChI is InChI=1S/C14H18BrNO2/c1-9-12-6-5-11(15)7-10(12)8-16(9)13(17)18-14(2,3)4/h5-7,9H,8H2,1-4H3. The Morgan fingerprint density at radius 1 is 1.44 bits per heavy atom. The Morgan fingerprint density at radius 2 is 2.11 bits per heavy atom. The van der Waals surface area contributed by atoms with Crippen molar-refractivity contribution < 1.29 is 9.53 Å². The van der Waals surface area contributed by atoms with Crippen molar-refractivity contribution in [3.8, 4) is 0 Å². The molecule has 0 aliphatic carbocycles. The molecule has 1 atom stereocenters. The van der Waals surface area contributed by atoms with Gasteiger partial charge in [-0.3, -0.25) is 4.90 Å². The number of nitrogens with zero attached hydrogens (tertiary/aromatic N) is 1. The van der Waals surface area contributed by atoms with Crippen LogP contribution in [-0.4, -0.2) is 16.6 Å². The Morgan fingerprint density at radius 3 is 2.72 bits per heavy atom. The zero-order chi connectivity index (χ0) is 13.5. The zero-order valence-corrected chi connectivity index (χ0v) is 12.7. The second-order valence-corrected chi connectivity index (χ2v) is 6.54. The van der Waals surface area contributed by atoms with E-state index in [0.29, 0.717) is 6.54 Å². The summed E-state index contributed by atoms with van der Waals surface area (Å²) in [6, 6.07) is 6.21. The van der Waals surface area contributed by atoms with Gasteiger partial charge in [-0.2, -0.15) is 0 Å². The second-order valence-electron chi connectivity index (χ2n) is 5.63. The van der Waals surface area contributed by atoms with Gasteiger partial charge < -0.3 is 4.74 Å². The lowest BCUT2D eigenvalue weighted by atomic mass is 10.1. The molecule has 0 bridgehead atoms. The highest BCUT2D eigenvalue weighted by Gasteiger charge is 2.33. The van der Waals surface area contributed by atoms with E-state index in [2.05, 4.69) is 28.1 Å². The van der Waals surface area contributed by atoms with E-state index in [1.807, 2.05) is 33.8 Å². The van der Waals surface area contributed by atoms with Gasteiger partial charge in [0.05, 0.1) is 12.6 Å². The van der Waals surface area contributed by atoms with Gasteiger partial charge in [0, 0.05) is 4.47 Å². The van der Waals surface area contributed by atoms with Gasteiger partial charge in [0.15, 0.2) is 0 Å². The van der Waals surface area contributed by atoms with Gasteiger partial charge in [-0.25, -0.2) is 4.79 Å². The SMILES string of the molecule is CC1c2ccc(Br)cc2CN1C(=O)OC(C)(C)C. The molecule has 4 heteroatoms. The van der Waals surface area contributed by atoms with Crippen molar-refractivity contribution in [2.45, 2.75) is 45.9 Å². The molecule has 1 heterocycles. The molecule has 18 heavy (non-hydrogen) atoms. The molecule has 1 aliphatic rings. The fourth-order valence-corrected chi connectivity index (χ4v) is 2.56. The predicted molar refractivity (Wildman–Crippen MR) is 74.3 cm³/mol. The summed E-state index contributed by atoms with van der Waals surface area (Å²) in [6.45, 7) is 8.30. The highest BCUT2D eigenvalue weighted by molar-refractivity contribution is 9.10. The minimum Gasteiger partial charge on any atom is -0.444 e. The number of benzene rings is 1. The molecule has 0 spiro atoms. The van der Waals surface area contributed by atoms with Crippen LogP contribution in [-0.2, 0) is 11.3 Å².